The molecular weight excluding hydrogens is 148 g/mol. The van der Waals surface area contributed by atoms with Gasteiger partial charge in [0.25, 0.3) is 0 Å². The molecule has 1 aromatic carbocycles. The molecule has 0 aliphatic rings. The largest absolute Gasteiger partial charge is 0.547 e. The minimum absolute atomic E-state index is 0.356. The molecule has 1 rings (SSSR count). The lowest BCUT2D eigenvalue weighted by molar-refractivity contribution is -0.161. The number of hydrogen-bond acceptors (Lipinski definition) is 3. The lowest BCUT2D eigenvalue weighted by Gasteiger charge is -1.98. The monoisotopic (exact) mass is 154 g/mol. The molecule has 0 saturated heterocycles. The van der Waals surface area contributed by atoms with Crippen LogP contribution in [0, 0.1) is 0 Å². The van der Waals surface area contributed by atoms with E-state index in [0.717, 1.165) is 0 Å². The first-order chi connectivity index (χ1) is 5.29. The molecule has 11 heavy (non-hydrogen) atoms. The van der Waals surface area contributed by atoms with E-state index in [2.05, 4.69) is 9.78 Å². The highest BCUT2D eigenvalue weighted by molar-refractivity contribution is 5.56. The van der Waals surface area contributed by atoms with Crippen LogP contribution in [0.2, 0.25) is 0 Å². The molecule has 4 nitrogen and oxygen atoms in total. The zero-order valence-electron chi connectivity index (χ0n) is 5.56. The van der Waals surface area contributed by atoms with E-state index in [1.54, 1.807) is 30.3 Å². The van der Waals surface area contributed by atoms with Crippen LogP contribution < -0.4 is 4.89 Å². The smallest absolute Gasteiger partial charge is 0.447 e. The van der Waals surface area contributed by atoms with E-state index in [-0.39, 0.29) is 0 Å². The van der Waals surface area contributed by atoms with Gasteiger partial charge in [-0.3, -0.25) is 4.89 Å². The van der Waals surface area contributed by atoms with Crippen molar-refractivity contribution in [3.05, 3.63) is 30.3 Å². The van der Waals surface area contributed by atoms with Crippen LogP contribution in [0.5, 0.6) is 5.75 Å². The summed E-state index contributed by atoms with van der Waals surface area (Å²) in [5, 5.41) is 8.03. The van der Waals surface area contributed by atoms with Gasteiger partial charge in [0.05, 0.1) is 0 Å². The maximum atomic E-state index is 9.83. The zero-order chi connectivity index (χ0) is 8.10. The summed E-state index contributed by atoms with van der Waals surface area (Å²) in [6, 6.07) is 8.38. The Morgan fingerprint density at radius 2 is 1.91 bits per heavy atom. The molecular formula is C7H6O4. The second-order valence-corrected chi connectivity index (χ2v) is 1.75. The second-order valence-electron chi connectivity index (χ2n) is 1.75. The Balaban J connectivity index is 2.45. The van der Waals surface area contributed by atoms with Gasteiger partial charge >= 0.3 is 6.16 Å². The topological polar surface area (TPSA) is 55.8 Å². The molecule has 0 spiro atoms. The summed E-state index contributed by atoms with van der Waals surface area (Å²) in [5.74, 6) is 0.356. The number of para-hydroxylation sites is 1. The maximum Gasteiger partial charge on any atom is 0.547 e. The number of carbonyl (C=O) groups is 1. The van der Waals surface area contributed by atoms with E-state index < -0.39 is 6.16 Å². The van der Waals surface area contributed by atoms with Crippen molar-refractivity contribution in [1.29, 1.82) is 0 Å². The van der Waals surface area contributed by atoms with Crippen LogP contribution >= 0.6 is 0 Å². The molecule has 0 unspecified atom stereocenters. The van der Waals surface area contributed by atoms with Crippen molar-refractivity contribution in [2.45, 2.75) is 0 Å². The van der Waals surface area contributed by atoms with Crippen molar-refractivity contribution in [1.82, 2.24) is 0 Å². The second kappa shape index (κ2) is 3.46. The molecule has 58 valence electrons. The Bertz CT molecular complexity index is 231. The molecule has 0 saturated carbocycles. The molecule has 0 aromatic heterocycles. The lowest BCUT2D eigenvalue weighted by atomic mass is 10.3. The van der Waals surface area contributed by atoms with E-state index in [1.807, 2.05) is 0 Å². The van der Waals surface area contributed by atoms with Gasteiger partial charge in [-0.25, -0.2) is 9.68 Å². The van der Waals surface area contributed by atoms with Crippen LogP contribution in [0.25, 0.3) is 0 Å². The fraction of sp³-hybridized carbons (Fsp3) is 0. The lowest BCUT2D eigenvalue weighted by Crippen LogP contribution is -2.03. The summed E-state index contributed by atoms with van der Waals surface area (Å²) in [6.45, 7) is 0. The minimum atomic E-state index is -1.46. The number of benzene rings is 1. The molecule has 0 aliphatic heterocycles. The summed E-state index contributed by atoms with van der Waals surface area (Å²) < 4.78 is 0. The van der Waals surface area contributed by atoms with E-state index in [0.29, 0.717) is 5.75 Å². The molecule has 0 radical (unpaired) electrons. The van der Waals surface area contributed by atoms with Gasteiger partial charge in [0.15, 0.2) is 5.75 Å². The summed E-state index contributed by atoms with van der Waals surface area (Å²) in [6.07, 6.45) is -1.46. The number of rotatable bonds is 2. The maximum absolute atomic E-state index is 9.83. The van der Waals surface area contributed by atoms with Crippen molar-refractivity contribution < 1.29 is 19.7 Å². The predicted molar refractivity (Wildman–Crippen MR) is 36.2 cm³/mol. The van der Waals surface area contributed by atoms with Gasteiger partial charge in [-0.05, 0) is 12.1 Å². The number of carboxylic acid groups (broad SMARTS) is 1. The van der Waals surface area contributed by atoms with Crippen molar-refractivity contribution >= 4 is 6.16 Å². The van der Waals surface area contributed by atoms with Crippen molar-refractivity contribution in [2.75, 3.05) is 0 Å². The van der Waals surface area contributed by atoms with Crippen LogP contribution in [-0.4, -0.2) is 11.3 Å². The molecule has 1 aromatic rings. The number of hydrogen-bond donors (Lipinski definition) is 1. The first-order valence-corrected chi connectivity index (χ1v) is 2.91. The third kappa shape index (κ3) is 2.57. The normalized spacial score (nSPS) is 8.73. The Morgan fingerprint density at radius 3 is 2.45 bits per heavy atom. The van der Waals surface area contributed by atoms with Crippen LogP contribution in [-0.2, 0) is 4.89 Å². The minimum Gasteiger partial charge on any atom is -0.447 e. The van der Waals surface area contributed by atoms with Crippen molar-refractivity contribution in [2.24, 2.45) is 0 Å². The van der Waals surface area contributed by atoms with Gasteiger partial charge in [0, 0.05) is 0 Å². The Morgan fingerprint density at radius 1 is 1.27 bits per heavy atom. The molecule has 0 heterocycles. The standard InChI is InChI=1S/C7H6O4/c8-7(9)11-10-6-4-2-1-3-5-6/h1-5H,(H,8,9). The molecule has 0 bridgehead atoms. The van der Waals surface area contributed by atoms with Crippen LogP contribution in [0.4, 0.5) is 4.79 Å². The Kier molecular flexibility index (Phi) is 2.32. The average Bonchev–Trinajstić information content (AvgIpc) is 2.03. The van der Waals surface area contributed by atoms with Crippen LogP contribution in [0.1, 0.15) is 0 Å². The van der Waals surface area contributed by atoms with Gasteiger partial charge in [0.1, 0.15) is 0 Å². The fourth-order valence-corrected chi connectivity index (χ4v) is 0.560. The molecule has 4 heteroatoms. The quantitative estimate of drug-likeness (QED) is 0.520. The predicted octanol–water partition coefficient (Wildman–Crippen LogP) is 1.67. The van der Waals surface area contributed by atoms with Gasteiger partial charge in [-0.1, -0.05) is 18.2 Å². The highest BCUT2D eigenvalue weighted by atomic mass is 17.2. The first kappa shape index (κ1) is 7.40. The van der Waals surface area contributed by atoms with Gasteiger partial charge < -0.3 is 5.11 Å². The molecule has 0 fully saturated rings. The highest BCUT2D eigenvalue weighted by Gasteiger charge is 1.97. The van der Waals surface area contributed by atoms with Crippen molar-refractivity contribution in [3.8, 4) is 5.75 Å². The van der Waals surface area contributed by atoms with Gasteiger partial charge in [-0.2, -0.15) is 0 Å². The average molecular weight is 154 g/mol. The zero-order valence-corrected chi connectivity index (χ0v) is 5.56. The molecule has 0 amide bonds. The third-order valence-corrected chi connectivity index (χ3v) is 0.952. The summed E-state index contributed by atoms with van der Waals surface area (Å²) in [7, 11) is 0. The SMILES string of the molecule is O=C(O)OOc1ccccc1. The van der Waals surface area contributed by atoms with E-state index >= 15 is 0 Å². The van der Waals surface area contributed by atoms with Gasteiger partial charge in [-0.15, -0.1) is 0 Å². The van der Waals surface area contributed by atoms with E-state index in [9.17, 15) is 4.79 Å². The van der Waals surface area contributed by atoms with E-state index in [1.165, 1.54) is 0 Å². The summed E-state index contributed by atoms with van der Waals surface area (Å²) in [5.41, 5.74) is 0. The van der Waals surface area contributed by atoms with E-state index in [4.69, 9.17) is 5.11 Å². The Hall–Kier alpha value is -1.71. The van der Waals surface area contributed by atoms with Crippen LogP contribution in [0.3, 0.4) is 0 Å². The Labute approximate surface area is 62.9 Å². The van der Waals surface area contributed by atoms with Gasteiger partial charge in [0.2, 0.25) is 0 Å². The summed E-state index contributed by atoms with van der Waals surface area (Å²) in [4.78, 5) is 18.0. The van der Waals surface area contributed by atoms with Crippen molar-refractivity contribution in [3.63, 3.8) is 0 Å². The molecule has 1 N–H and O–H groups in total. The highest BCUT2D eigenvalue weighted by Crippen LogP contribution is 2.07. The first-order valence-electron chi connectivity index (χ1n) is 2.91. The molecule has 0 aliphatic carbocycles. The third-order valence-electron chi connectivity index (χ3n) is 0.952. The summed E-state index contributed by atoms with van der Waals surface area (Å²) >= 11 is 0. The fourth-order valence-electron chi connectivity index (χ4n) is 0.560. The molecule has 0 atom stereocenters. The van der Waals surface area contributed by atoms with Crippen LogP contribution in [0.15, 0.2) is 30.3 Å².